The largest absolute Gasteiger partial charge is 0.317 e. The van der Waals surface area contributed by atoms with Crippen molar-refractivity contribution in [1.82, 2.24) is 13.9 Å². The molecule has 0 saturated heterocycles. The van der Waals surface area contributed by atoms with Gasteiger partial charge in [-0.2, -0.15) is 17.0 Å². The minimum atomic E-state index is -3.30. The molecule has 0 radical (unpaired) electrons. The monoisotopic (exact) mass is 305 g/mol. The number of rotatable bonds is 9. The summed E-state index contributed by atoms with van der Waals surface area (Å²) in [6.45, 7) is 6.95. The van der Waals surface area contributed by atoms with E-state index in [4.69, 9.17) is 0 Å². The van der Waals surface area contributed by atoms with Crippen LogP contribution in [0.1, 0.15) is 52.4 Å². The first kappa shape index (κ1) is 17.9. The molecule has 20 heavy (non-hydrogen) atoms. The summed E-state index contributed by atoms with van der Waals surface area (Å²) in [5, 5.41) is 3.23. The van der Waals surface area contributed by atoms with Gasteiger partial charge < -0.3 is 5.32 Å². The van der Waals surface area contributed by atoms with Gasteiger partial charge in [0.15, 0.2) is 0 Å². The van der Waals surface area contributed by atoms with Gasteiger partial charge in [-0.25, -0.2) is 0 Å². The Labute approximate surface area is 124 Å². The van der Waals surface area contributed by atoms with Gasteiger partial charge in [0, 0.05) is 26.2 Å². The van der Waals surface area contributed by atoms with E-state index in [2.05, 4.69) is 12.2 Å². The molecule has 0 atom stereocenters. The molecular weight excluding hydrogens is 274 g/mol. The van der Waals surface area contributed by atoms with Gasteiger partial charge in [-0.15, -0.1) is 0 Å². The maximum Gasteiger partial charge on any atom is 0.281 e. The maximum absolute atomic E-state index is 12.7. The summed E-state index contributed by atoms with van der Waals surface area (Å²) >= 11 is 0. The standard InChI is InChI=1S/C14H31N3O2S/c1-4-15-12-9-13-16(3)20(18,19)17(5-2)14-10-7-6-8-11-14/h14-15H,4-13H2,1-3H3. The fourth-order valence-corrected chi connectivity index (χ4v) is 4.51. The normalized spacial score (nSPS) is 18.1. The average Bonchev–Trinajstić information content (AvgIpc) is 2.45. The summed E-state index contributed by atoms with van der Waals surface area (Å²) in [5.74, 6) is 0. The van der Waals surface area contributed by atoms with Gasteiger partial charge in [-0.3, -0.25) is 0 Å². The molecule has 1 aliphatic rings. The van der Waals surface area contributed by atoms with Crippen LogP contribution in [-0.2, 0) is 10.2 Å². The van der Waals surface area contributed by atoms with Crippen molar-refractivity contribution in [2.24, 2.45) is 0 Å². The van der Waals surface area contributed by atoms with Crippen molar-refractivity contribution >= 4 is 10.2 Å². The highest BCUT2D eigenvalue weighted by molar-refractivity contribution is 7.86. The molecule has 0 aromatic carbocycles. The van der Waals surface area contributed by atoms with Crippen LogP contribution in [0.5, 0.6) is 0 Å². The van der Waals surface area contributed by atoms with Crippen molar-refractivity contribution in [1.29, 1.82) is 0 Å². The third kappa shape index (κ3) is 4.98. The van der Waals surface area contributed by atoms with E-state index in [0.717, 1.165) is 45.2 Å². The van der Waals surface area contributed by atoms with Gasteiger partial charge in [-0.1, -0.05) is 33.1 Å². The van der Waals surface area contributed by atoms with E-state index in [0.29, 0.717) is 13.1 Å². The summed E-state index contributed by atoms with van der Waals surface area (Å²) in [6, 6.07) is 0.204. The topological polar surface area (TPSA) is 52.7 Å². The van der Waals surface area contributed by atoms with Crippen LogP contribution >= 0.6 is 0 Å². The average molecular weight is 305 g/mol. The highest BCUT2D eigenvalue weighted by atomic mass is 32.2. The zero-order valence-corrected chi connectivity index (χ0v) is 14.1. The minimum absolute atomic E-state index is 0.204. The summed E-state index contributed by atoms with van der Waals surface area (Å²) in [7, 11) is -1.60. The van der Waals surface area contributed by atoms with Gasteiger partial charge in [0.2, 0.25) is 0 Å². The second-order valence-electron chi connectivity index (χ2n) is 5.53. The van der Waals surface area contributed by atoms with Gasteiger partial charge in [-0.05, 0) is 32.4 Å². The Balaban J connectivity index is 2.58. The van der Waals surface area contributed by atoms with Crippen LogP contribution < -0.4 is 5.32 Å². The molecule has 6 heteroatoms. The molecule has 120 valence electrons. The maximum atomic E-state index is 12.7. The molecule has 0 aromatic rings. The molecule has 0 bridgehead atoms. The zero-order chi connectivity index (χ0) is 15.0. The Morgan fingerprint density at radius 1 is 1.15 bits per heavy atom. The van der Waals surface area contributed by atoms with E-state index >= 15 is 0 Å². The highest BCUT2D eigenvalue weighted by Gasteiger charge is 2.32. The molecule has 1 fully saturated rings. The lowest BCUT2D eigenvalue weighted by Crippen LogP contribution is -2.48. The predicted octanol–water partition coefficient (Wildman–Crippen LogP) is 1.82. The molecule has 1 aliphatic carbocycles. The summed E-state index contributed by atoms with van der Waals surface area (Å²) in [4.78, 5) is 0. The molecule has 0 aromatic heterocycles. The van der Waals surface area contributed by atoms with E-state index < -0.39 is 10.2 Å². The number of hydrogen-bond acceptors (Lipinski definition) is 3. The lowest BCUT2D eigenvalue weighted by atomic mass is 9.95. The Morgan fingerprint density at radius 3 is 2.35 bits per heavy atom. The van der Waals surface area contributed by atoms with Crippen molar-refractivity contribution in [2.45, 2.75) is 58.4 Å². The van der Waals surface area contributed by atoms with Crippen LogP contribution in [0.15, 0.2) is 0 Å². The van der Waals surface area contributed by atoms with Crippen LogP contribution in [0.2, 0.25) is 0 Å². The SMILES string of the molecule is CCNCCCN(C)S(=O)(=O)N(CC)C1CCCCC1. The first-order valence-corrected chi connectivity index (χ1v) is 9.37. The lowest BCUT2D eigenvalue weighted by Gasteiger charge is -2.35. The fraction of sp³-hybridized carbons (Fsp3) is 1.00. The number of nitrogens with zero attached hydrogens (tertiary/aromatic N) is 2. The van der Waals surface area contributed by atoms with Crippen molar-refractivity contribution in [3.8, 4) is 0 Å². The molecule has 0 heterocycles. The Bertz CT molecular complexity index is 353. The molecule has 0 spiro atoms. The number of hydrogen-bond donors (Lipinski definition) is 1. The minimum Gasteiger partial charge on any atom is -0.317 e. The van der Waals surface area contributed by atoms with Crippen LogP contribution in [-0.4, -0.2) is 56.3 Å². The van der Waals surface area contributed by atoms with E-state index in [9.17, 15) is 8.42 Å². The predicted molar refractivity (Wildman–Crippen MR) is 84.0 cm³/mol. The first-order valence-electron chi connectivity index (χ1n) is 7.97. The smallest absolute Gasteiger partial charge is 0.281 e. The Morgan fingerprint density at radius 2 is 1.80 bits per heavy atom. The Hall–Kier alpha value is -0.170. The van der Waals surface area contributed by atoms with E-state index in [1.807, 2.05) is 6.92 Å². The second kappa shape index (κ2) is 8.97. The van der Waals surface area contributed by atoms with E-state index in [1.165, 1.54) is 10.7 Å². The summed E-state index contributed by atoms with van der Waals surface area (Å²) < 4.78 is 28.5. The van der Waals surface area contributed by atoms with Crippen molar-refractivity contribution in [2.75, 3.05) is 33.2 Å². The third-order valence-electron chi connectivity index (χ3n) is 4.06. The highest BCUT2D eigenvalue weighted by Crippen LogP contribution is 2.25. The number of nitrogens with one attached hydrogen (secondary N) is 1. The van der Waals surface area contributed by atoms with Crippen molar-refractivity contribution < 1.29 is 8.42 Å². The molecule has 5 nitrogen and oxygen atoms in total. The molecule has 1 saturated carbocycles. The third-order valence-corrected chi connectivity index (χ3v) is 6.18. The summed E-state index contributed by atoms with van der Waals surface area (Å²) in [6.07, 6.45) is 6.43. The quantitative estimate of drug-likeness (QED) is 0.661. The van der Waals surface area contributed by atoms with Crippen LogP contribution in [0, 0.1) is 0 Å². The second-order valence-corrected chi connectivity index (χ2v) is 7.52. The molecule has 1 N–H and O–H groups in total. The Kier molecular flexibility index (Phi) is 8.02. The molecule has 0 aliphatic heterocycles. The fourth-order valence-electron chi connectivity index (χ4n) is 2.88. The van der Waals surface area contributed by atoms with Crippen LogP contribution in [0.25, 0.3) is 0 Å². The van der Waals surface area contributed by atoms with E-state index in [1.54, 1.807) is 11.4 Å². The molecule has 0 unspecified atom stereocenters. The van der Waals surface area contributed by atoms with Gasteiger partial charge in [0.05, 0.1) is 0 Å². The first-order chi connectivity index (χ1) is 9.54. The van der Waals surface area contributed by atoms with Crippen molar-refractivity contribution in [3.63, 3.8) is 0 Å². The van der Waals surface area contributed by atoms with Crippen molar-refractivity contribution in [3.05, 3.63) is 0 Å². The van der Waals surface area contributed by atoms with Gasteiger partial charge >= 0.3 is 0 Å². The zero-order valence-electron chi connectivity index (χ0n) is 13.3. The molecule has 0 amide bonds. The van der Waals surface area contributed by atoms with Crippen LogP contribution in [0.4, 0.5) is 0 Å². The molecular formula is C14H31N3O2S. The molecule has 1 rings (SSSR count). The van der Waals surface area contributed by atoms with Gasteiger partial charge in [0.1, 0.15) is 0 Å². The summed E-state index contributed by atoms with van der Waals surface area (Å²) in [5.41, 5.74) is 0. The van der Waals surface area contributed by atoms with Gasteiger partial charge in [0.25, 0.3) is 10.2 Å². The lowest BCUT2D eigenvalue weighted by molar-refractivity contribution is 0.245. The van der Waals surface area contributed by atoms with E-state index in [-0.39, 0.29) is 6.04 Å². The van der Waals surface area contributed by atoms with Crippen LogP contribution in [0.3, 0.4) is 0 Å².